The van der Waals surface area contributed by atoms with Crippen LogP contribution in [-0.4, -0.2) is 51.0 Å². The maximum absolute atomic E-state index is 13.3. The Morgan fingerprint density at radius 2 is 1.67 bits per heavy atom. The summed E-state index contributed by atoms with van der Waals surface area (Å²) in [7, 11) is -2.30. The number of sulfonamides is 1. The maximum atomic E-state index is 13.3. The molecule has 30 heavy (non-hydrogen) atoms. The lowest BCUT2D eigenvalue weighted by atomic mass is 10.1. The molecule has 2 rings (SSSR count). The Morgan fingerprint density at radius 1 is 1.07 bits per heavy atom. The number of carbonyl (C=O) groups excluding carboxylic acids is 2. The van der Waals surface area contributed by atoms with Crippen molar-refractivity contribution in [1.82, 2.24) is 10.2 Å². The zero-order valence-electron chi connectivity index (χ0n) is 17.2. The van der Waals surface area contributed by atoms with Crippen molar-refractivity contribution in [3.8, 4) is 0 Å². The largest absolute Gasteiger partial charge is 0.357 e. The van der Waals surface area contributed by atoms with Crippen LogP contribution in [0.25, 0.3) is 0 Å². The van der Waals surface area contributed by atoms with Gasteiger partial charge >= 0.3 is 0 Å². The van der Waals surface area contributed by atoms with Gasteiger partial charge in [-0.3, -0.25) is 13.9 Å². The SMILES string of the molecule is CCC(C(=O)NC)N(Cc1ccccc1)C(=O)CN(c1ccccc1Cl)S(C)(=O)=O. The molecule has 0 saturated heterocycles. The highest BCUT2D eigenvalue weighted by atomic mass is 35.5. The summed E-state index contributed by atoms with van der Waals surface area (Å²) in [6.45, 7) is 1.50. The molecule has 0 heterocycles. The molecule has 2 aromatic rings. The minimum absolute atomic E-state index is 0.172. The van der Waals surface area contributed by atoms with Crippen molar-refractivity contribution in [2.24, 2.45) is 0 Å². The van der Waals surface area contributed by atoms with Gasteiger partial charge in [0.25, 0.3) is 0 Å². The van der Waals surface area contributed by atoms with E-state index < -0.39 is 28.5 Å². The minimum Gasteiger partial charge on any atom is -0.357 e. The fourth-order valence-corrected chi connectivity index (χ4v) is 4.26. The topological polar surface area (TPSA) is 86.8 Å². The van der Waals surface area contributed by atoms with Gasteiger partial charge < -0.3 is 10.2 Å². The van der Waals surface area contributed by atoms with Crippen LogP contribution in [-0.2, 0) is 26.2 Å². The van der Waals surface area contributed by atoms with Crippen LogP contribution in [0.2, 0.25) is 5.02 Å². The van der Waals surface area contributed by atoms with E-state index in [-0.39, 0.29) is 23.2 Å². The summed E-state index contributed by atoms with van der Waals surface area (Å²) in [6, 6.07) is 14.9. The summed E-state index contributed by atoms with van der Waals surface area (Å²) in [5.74, 6) is -0.815. The standard InChI is InChI=1S/C21H26ClN3O4S/c1-4-18(21(27)23-2)24(14-16-10-6-5-7-11-16)20(26)15-25(30(3,28)29)19-13-9-8-12-17(19)22/h5-13,18H,4,14-15H2,1-3H3,(H,23,27). The summed E-state index contributed by atoms with van der Waals surface area (Å²) in [4.78, 5) is 27.1. The Hall–Kier alpha value is -2.58. The lowest BCUT2D eigenvalue weighted by Crippen LogP contribution is -2.51. The van der Waals surface area contributed by atoms with Crippen molar-refractivity contribution in [3.05, 3.63) is 65.2 Å². The van der Waals surface area contributed by atoms with Gasteiger partial charge in [0.15, 0.2) is 0 Å². The summed E-state index contributed by atoms with van der Waals surface area (Å²) in [5.41, 5.74) is 1.04. The second kappa shape index (κ2) is 10.4. The molecule has 0 spiro atoms. The fourth-order valence-electron chi connectivity index (χ4n) is 3.11. The van der Waals surface area contributed by atoms with Crippen molar-refractivity contribution in [2.75, 3.05) is 24.2 Å². The number of nitrogens with one attached hydrogen (secondary N) is 1. The van der Waals surface area contributed by atoms with Crippen LogP contribution in [0, 0.1) is 0 Å². The van der Waals surface area contributed by atoms with Crippen molar-refractivity contribution in [3.63, 3.8) is 0 Å². The summed E-state index contributed by atoms with van der Waals surface area (Å²) < 4.78 is 25.9. The average molecular weight is 452 g/mol. The van der Waals surface area contributed by atoms with E-state index in [1.54, 1.807) is 25.1 Å². The first-order valence-electron chi connectivity index (χ1n) is 9.46. The highest BCUT2D eigenvalue weighted by molar-refractivity contribution is 7.92. The van der Waals surface area contributed by atoms with Gasteiger partial charge in [-0.25, -0.2) is 8.42 Å². The van der Waals surface area contributed by atoms with Crippen LogP contribution in [0.15, 0.2) is 54.6 Å². The van der Waals surface area contributed by atoms with Gasteiger partial charge in [-0.1, -0.05) is 61.0 Å². The molecule has 0 aromatic heterocycles. The predicted octanol–water partition coefficient (Wildman–Crippen LogP) is 2.66. The Labute approximate surface area is 182 Å². The number of anilines is 1. The molecular weight excluding hydrogens is 426 g/mol. The Bertz CT molecular complexity index is 983. The summed E-state index contributed by atoms with van der Waals surface area (Å²) >= 11 is 6.19. The van der Waals surface area contributed by atoms with E-state index in [2.05, 4.69) is 5.32 Å². The number of halogens is 1. The molecule has 1 unspecified atom stereocenters. The molecule has 0 saturated carbocycles. The molecule has 2 amide bonds. The number of hydrogen-bond acceptors (Lipinski definition) is 4. The molecular formula is C21H26ClN3O4S. The number of likely N-dealkylation sites (N-methyl/N-ethyl adjacent to an activating group) is 1. The Kier molecular flexibility index (Phi) is 8.25. The zero-order valence-corrected chi connectivity index (χ0v) is 18.8. The number of nitrogens with zero attached hydrogens (tertiary/aromatic N) is 2. The molecule has 0 aliphatic carbocycles. The van der Waals surface area contributed by atoms with Crippen LogP contribution in [0.4, 0.5) is 5.69 Å². The van der Waals surface area contributed by atoms with Crippen LogP contribution < -0.4 is 9.62 Å². The second-order valence-corrected chi connectivity index (χ2v) is 9.08. The monoisotopic (exact) mass is 451 g/mol. The van der Waals surface area contributed by atoms with E-state index in [0.717, 1.165) is 16.1 Å². The molecule has 7 nitrogen and oxygen atoms in total. The average Bonchev–Trinajstić information content (AvgIpc) is 2.72. The first-order chi connectivity index (χ1) is 14.2. The van der Waals surface area contributed by atoms with E-state index in [9.17, 15) is 18.0 Å². The number of hydrogen-bond donors (Lipinski definition) is 1. The van der Waals surface area contributed by atoms with E-state index >= 15 is 0 Å². The number of amides is 2. The van der Waals surface area contributed by atoms with E-state index in [1.807, 2.05) is 30.3 Å². The van der Waals surface area contributed by atoms with Crippen molar-refractivity contribution >= 4 is 39.1 Å². The fraction of sp³-hybridized carbons (Fsp3) is 0.333. The third kappa shape index (κ3) is 5.96. The maximum Gasteiger partial charge on any atom is 0.244 e. The van der Waals surface area contributed by atoms with Gasteiger partial charge in [0.1, 0.15) is 12.6 Å². The highest BCUT2D eigenvalue weighted by Crippen LogP contribution is 2.27. The smallest absolute Gasteiger partial charge is 0.244 e. The lowest BCUT2D eigenvalue weighted by Gasteiger charge is -2.32. The van der Waals surface area contributed by atoms with Gasteiger partial charge in [-0.05, 0) is 24.1 Å². The summed E-state index contributed by atoms with van der Waals surface area (Å²) in [6.07, 6.45) is 1.39. The number of para-hydroxylation sites is 1. The molecule has 162 valence electrons. The first-order valence-corrected chi connectivity index (χ1v) is 11.7. The molecule has 0 fully saturated rings. The number of benzene rings is 2. The Balaban J connectivity index is 2.42. The molecule has 1 atom stereocenters. The number of rotatable bonds is 9. The molecule has 9 heteroatoms. The van der Waals surface area contributed by atoms with Crippen LogP contribution >= 0.6 is 11.6 Å². The van der Waals surface area contributed by atoms with Crippen LogP contribution in [0.1, 0.15) is 18.9 Å². The second-order valence-electron chi connectivity index (χ2n) is 6.77. The van der Waals surface area contributed by atoms with Crippen LogP contribution in [0.5, 0.6) is 0 Å². The van der Waals surface area contributed by atoms with E-state index in [4.69, 9.17) is 11.6 Å². The zero-order chi connectivity index (χ0) is 22.3. The van der Waals surface area contributed by atoms with Crippen molar-refractivity contribution in [1.29, 1.82) is 0 Å². The third-order valence-electron chi connectivity index (χ3n) is 4.63. The molecule has 1 N–H and O–H groups in total. The number of carbonyl (C=O) groups is 2. The van der Waals surface area contributed by atoms with Crippen molar-refractivity contribution in [2.45, 2.75) is 25.9 Å². The van der Waals surface area contributed by atoms with Crippen molar-refractivity contribution < 1.29 is 18.0 Å². The summed E-state index contributed by atoms with van der Waals surface area (Å²) in [5, 5.41) is 2.79. The quantitative estimate of drug-likeness (QED) is 0.635. The molecule has 2 aromatic carbocycles. The Morgan fingerprint density at radius 3 is 2.20 bits per heavy atom. The van der Waals surface area contributed by atoms with Gasteiger partial charge in [0.2, 0.25) is 21.8 Å². The van der Waals surface area contributed by atoms with Gasteiger partial charge in [-0.2, -0.15) is 0 Å². The minimum atomic E-state index is -3.80. The first kappa shape index (κ1) is 23.7. The predicted molar refractivity (Wildman–Crippen MR) is 119 cm³/mol. The van der Waals surface area contributed by atoms with Gasteiger partial charge in [-0.15, -0.1) is 0 Å². The van der Waals surface area contributed by atoms with Crippen LogP contribution in [0.3, 0.4) is 0 Å². The molecule has 0 radical (unpaired) electrons. The normalized spacial score (nSPS) is 12.1. The third-order valence-corrected chi connectivity index (χ3v) is 6.07. The van der Waals surface area contributed by atoms with Gasteiger partial charge in [0.05, 0.1) is 17.0 Å². The lowest BCUT2D eigenvalue weighted by molar-refractivity contribution is -0.140. The molecule has 0 aliphatic rings. The van der Waals surface area contributed by atoms with E-state index in [1.165, 1.54) is 18.0 Å². The molecule has 0 aliphatic heterocycles. The van der Waals surface area contributed by atoms with Gasteiger partial charge in [0, 0.05) is 13.6 Å². The highest BCUT2D eigenvalue weighted by Gasteiger charge is 2.31. The van der Waals surface area contributed by atoms with E-state index in [0.29, 0.717) is 6.42 Å². The molecule has 0 bridgehead atoms.